The van der Waals surface area contributed by atoms with Gasteiger partial charge in [-0.15, -0.1) is 0 Å². The predicted octanol–water partition coefficient (Wildman–Crippen LogP) is 5.29. The van der Waals surface area contributed by atoms with Crippen LogP contribution in [0.3, 0.4) is 0 Å². The van der Waals surface area contributed by atoms with E-state index in [9.17, 15) is 0 Å². The van der Waals surface area contributed by atoms with Crippen molar-refractivity contribution in [2.75, 3.05) is 12.4 Å². The first kappa shape index (κ1) is 16.4. The number of rotatable bonds is 11. The number of ether oxygens (including phenoxy) is 1. The van der Waals surface area contributed by atoms with E-state index in [1.54, 1.807) is 0 Å². The van der Waals surface area contributed by atoms with E-state index in [2.05, 4.69) is 43.8 Å². The lowest BCUT2D eigenvalue weighted by Gasteiger charge is -2.07. The Kier molecular flexibility index (Phi) is 9.70. The molecule has 0 unspecified atom stereocenters. The van der Waals surface area contributed by atoms with Gasteiger partial charge in [-0.05, 0) is 42.7 Å². The Morgan fingerprint density at radius 3 is 2.47 bits per heavy atom. The molecule has 0 aliphatic heterocycles. The van der Waals surface area contributed by atoms with Crippen LogP contribution in [0.25, 0.3) is 0 Å². The fraction of sp³-hybridized carbons (Fsp3) is 0.647. The standard InChI is InChI=1S/C17H28OS/c1-2-10-16-11-9-12-17(15-16)18-13-7-5-3-4-6-8-14-19/h9,11-12,15,19H,2-8,10,13-14H2,1H3. The van der Waals surface area contributed by atoms with Crippen LogP contribution in [-0.4, -0.2) is 12.4 Å². The number of hydrogen-bond donors (Lipinski definition) is 1. The van der Waals surface area contributed by atoms with E-state index in [1.165, 1.54) is 50.5 Å². The molecule has 1 nitrogen and oxygen atoms in total. The van der Waals surface area contributed by atoms with Crippen LogP contribution in [0.15, 0.2) is 24.3 Å². The highest BCUT2D eigenvalue weighted by Crippen LogP contribution is 2.15. The third-order valence-electron chi connectivity index (χ3n) is 3.26. The molecule has 1 aromatic carbocycles. The summed E-state index contributed by atoms with van der Waals surface area (Å²) in [6.07, 6.45) is 10.0. The molecule has 0 heterocycles. The van der Waals surface area contributed by atoms with Crippen molar-refractivity contribution in [2.45, 2.75) is 58.3 Å². The van der Waals surface area contributed by atoms with E-state index < -0.39 is 0 Å². The molecule has 0 atom stereocenters. The van der Waals surface area contributed by atoms with Crippen molar-refractivity contribution in [2.24, 2.45) is 0 Å². The van der Waals surface area contributed by atoms with Gasteiger partial charge in [0.2, 0.25) is 0 Å². The number of aryl methyl sites for hydroxylation is 1. The van der Waals surface area contributed by atoms with Crippen LogP contribution in [0.4, 0.5) is 0 Å². The van der Waals surface area contributed by atoms with Crippen molar-refractivity contribution < 1.29 is 4.74 Å². The Morgan fingerprint density at radius 1 is 1.00 bits per heavy atom. The molecule has 0 saturated heterocycles. The van der Waals surface area contributed by atoms with Gasteiger partial charge in [-0.2, -0.15) is 12.6 Å². The second kappa shape index (κ2) is 11.2. The Bertz CT molecular complexity index is 325. The normalized spacial score (nSPS) is 10.6. The van der Waals surface area contributed by atoms with Gasteiger partial charge >= 0.3 is 0 Å². The lowest BCUT2D eigenvalue weighted by Crippen LogP contribution is -1.98. The van der Waals surface area contributed by atoms with Crippen LogP contribution >= 0.6 is 12.6 Å². The van der Waals surface area contributed by atoms with E-state index in [-0.39, 0.29) is 0 Å². The first-order valence-corrected chi connectivity index (χ1v) is 8.32. The van der Waals surface area contributed by atoms with E-state index in [4.69, 9.17) is 4.74 Å². The SMILES string of the molecule is CCCc1cccc(OCCCCCCCCS)c1. The average molecular weight is 280 g/mol. The number of hydrogen-bond acceptors (Lipinski definition) is 2. The molecular formula is C17H28OS. The van der Waals surface area contributed by atoms with Gasteiger partial charge < -0.3 is 4.74 Å². The maximum atomic E-state index is 5.81. The third kappa shape index (κ3) is 8.20. The van der Waals surface area contributed by atoms with Crippen LogP contribution in [0.2, 0.25) is 0 Å². The summed E-state index contributed by atoms with van der Waals surface area (Å²) < 4.78 is 5.81. The number of unbranched alkanes of at least 4 members (excludes halogenated alkanes) is 5. The fourth-order valence-electron chi connectivity index (χ4n) is 2.19. The summed E-state index contributed by atoms with van der Waals surface area (Å²) in [6.45, 7) is 3.06. The van der Waals surface area contributed by atoms with Gasteiger partial charge in [-0.1, -0.05) is 51.2 Å². The molecule has 0 aliphatic carbocycles. The van der Waals surface area contributed by atoms with Crippen molar-refractivity contribution in [1.29, 1.82) is 0 Å². The van der Waals surface area contributed by atoms with Crippen molar-refractivity contribution in [1.82, 2.24) is 0 Å². The predicted molar refractivity (Wildman–Crippen MR) is 87.5 cm³/mol. The van der Waals surface area contributed by atoms with Crippen LogP contribution < -0.4 is 4.74 Å². The summed E-state index contributed by atoms with van der Waals surface area (Å²) >= 11 is 4.22. The van der Waals surface area contributed by atoms with Gasteiger partial charge in [0, 0.05) is 0 Å². The van der Waals surface area contributed by atoms with Crippen LogP contribution in [-0.2, 0) is 6.42 Å². The molecule has 0 fully saturated rings. The molecule has 0 amide bonds. The Balaban J connectivity index is 2.07. The molecule has 0 radical (unpaired) electrons. The lowest BCUT2D eigenvalue weighted by atomic mass is 10.1. The molecule has 1 aromatic rings. The highest BCUT2D eigenvalue weighted by atomic mass is 32.1. The quantitative estimate of drug-likeness (QED) is 0.428. The van der Waals surface area contributed by atoms with Crippen LogP contribution in [0.1, 0.15) is 57.4 Å². The first-order chi connectivity index (χ1) is 9.36. The van der Waals surface area contributed by atoms with Gasteiger partial charge in [-0.3, -0.25) is 0 Å². The Morgan fingerprint density at radius 2 is 1.74 bits per heavy atom. The second-order valence-electron chi connectivity index (χ2n) is 5.09. The van der Waals surface area contributed by atoms with Gasteiger partial charge in [0.1, 0.15) is 5.75 Å². The molecular weight excluding hydrogens is 252 g/mol. The zero-order chi connectivity index (χ0) is 13.8. The maximum Gasteiger partial charge on any atom is 0.119 e. The van der Waals surface area contributed by atoms with Crippen LogP contribution in [0.5, 0.6) is 5.75 Å². The minimum atomic E-state index is 0.849. The topological polar surface area (TPSA) is 9.23 Å². The van der Waals surface area contributed by atoms with Gasteiger partial charge in [0.25, 0.3) is 0 Å². The largest absolute Gasteiger partial charge is 0.494 e. The molecule has 108 valence electrons. The zero-order valence-corrected chi connectivity index (χ0v) is 13.1. The summed E-state index contributed by atoms with van der Waals surface area (Å²) in [5.41, 5.74) is 1.38. The average Bonchev–Trinajstić information content (AvgIpc) is 2.43. The van der Waals surface area contributed by atoms with Crippen molar-refractivity contribution in [3.05, 3.63) is 29.8 Å². The van der Waals surface area contributed by atoms with E-state index in [1.807, 2.05) is 0 Å². The molecule has 19 heavy (non-hydrogen) atoms. The number of benzene rings is 1. The van der Waals surface area contributed by atoms with E-state index in [0.29, 0.717) is 0 Å². The summed E-state index contributed by atoms with van der Waals surface area (Å²) in [6, 6.07) is 8.51. The van der Waals surface area contributed by atoms with Gasteiger partial charge in [0.05, 0.1) is 6.61 Å². The third-order valence-corrected chi connectivity index (χ3v) is 3.57. The van der Waals surface area contributed by atoms with Crippen LogP contribution in [0, 0.1) is 0 Å². The van der Waals surface area contributed by atoms with Gasteiger partial charge in [-0.25, -0.2) is 0 Å². The summed E-state index contributed by atoms with van der Waals surface area (Å²) in [4.78, 5) is 0. The molecule has 1 rings (SSSR count). The van der Waals surface area contributed by atoms with Gasteiger partial charge in [0.15, 0.2) is 0 Å². The van der Waals surface area contributed by atoms with Crippen molar-refractivity contribution in [3.8, 4) is 5.75 Å². The highest BCUT2D eigenvalue weighted by molar-refractivity contribution is 7.80. The Labute approximate surface area is 124 Å². The summed E-state index contributed by atoms with van der Waals surface area (Å²) in [5, 5.41) is 0. The molecule has 0 bridgehead atoms. The highest BCUT2D eigenvalue weighted by Gasteiger charge is 1.97. The van der Waals surface area contributed by atoms with E-state index >= 15 is 0 Å². The Hall–Kier alpha value is -0.630. The lowest BCUT2D eigenvalue weighted by molar-refractivity contribution is 0.304. The fourth-order valence-corrected chi connectivity index (χ4v) is 2.41. The molecule has 0 aromatic heterocycles. The minimum Gasteiger partial charge on any atom is -0.494 e. The molecule has 2 heteroatoms. The number of thiol groups is 1. The summed E-state index contributed by atoms with van der Waals surface area (Å²) in [5.74, 6) is 2.05. The van der Waals surface area contributed by atoms with E-state index in [0.717, 1.165) is 24.5 Å². The van der Waals surface area contributed by atoms with Crippen molar-refractivity contribution >= 4 is 12.6 Å². The molecule has 0 spiro atoms. The zero-order valence-electron chi connectivity index (χ0n) is 12.2. The maximum absolute atomic E-state index is 5.81. The first-order valence-electron chi connectivity index (χ1n) is 7.69. The smallest absolute Gasteiger partial charge is 0.119 e. The minimum absolute atomic E-state index is 0.849. The molecule has 0 saturated carbocycles. The van der Waals surface area contributed by atoms with Crippen molar-refractivity contribution in [3.63, 3.8) is 0 Å². The summed E-state index contributed by atoms with van der Waals surface area (Å²) in [7, 11) is 0. The molecule has 0 aliphatic rings. The second-order valence-corrected chi connectivity index (χ2v) is 5.54. The molecule has 0 N–H and O–H groups in total. The monoisotopic (exact) mass is 280 g/mol.